The third kappa shape index (κ3) is 3.83. The molecule has 0 aliphatic carbocycles. The van der Waals surface area contributed by atoms with Crippen molar-refractivity contribution in [3.05, 3.63) is 17.6 Å². The van der Waals surface area contributed by atoms with Crippen LogP contribution in [0.4, 0.5) is 5.82 Å². The van der Waals surface area contributed by atoms with Gasteiger partial charge in [-0.1, -0.05) is 13.8 Å². The SMILES string of the molecule is Cc1cc(NCCCN)nc(C(C)C)n1. The molecule has 0 spiro atoms. The third-order valence-electron chi connectivity index (χ3n) is 2.07. The third-order valence-corrected chi connectivity index (χ3v) is 2.07. The van der Waals surface area contributed by atoms with Crippen LogP contribution < -0.4 is 11.1 Å². The van der Waals surface area contributed by atoms with Crippen molar-refractivity contribution in [2.45, 2.75) is 33.1 Å². The molecule has 3 N–H and O–H groups in total. The summed E-state index contributed by atoms with van der Waals surface area (Å²) in [5.74, 6) is 2.16. The average Bonchev–Trinajstić information content (AvgIpc) is 2.17. The Morgan fingerprint density at radius 1 is 1.40 bits per heavy atom. The Morgan fingerprint density at radius 2 is 2.13 bits per heavy atom. The second kappa shape index (κ2) is 5.66. The highest BCUT2D eigenvalue weighted by atomic mass is 15.0. The van der Waals surface area contributed by atoms with Gasteiger partial charge in [0.1, 0.15) is 11.6 Å². The van der Waals surface area contributed by atoms with Crippen molar-refractivity contribution < 1.29 is 0 Å². The van der Waals surface area contributed by atoms with Crippen molar-refractivity contribution in [2.24, 2.45) is 5.73 Å². The van der Waals surface area contributed by atoms with Crippen LogP contribution in [0.3, 0.4) is 0 Å². The molecule has 15 heavy (non-hydrogen) atoms. The Morgan fingerprint density at radius 3 is 2.73 bits per heavy atom. The highest BCUT2D eigenvalue weighted by Gasteiger charge is 2.05. The van der Waals surface area contributed by atoms with Crippen molar-refractivity contribution in [1.82, 2.24) is 9.97 Å². The number of hydrogen-bond donors (Lipinski definition) is 2. The zero-order chi connectivity index (χ0) is 11.3. The van der Waals surface area contributed by atoms with Crippen molar-refractivity contribution in [2.75, 3.05) is 18.4 Å². The Kier molecular flexibility index (Phi) is 4.49. The van der Waals surface area contributed by atoms with Gasteiger partial charge in [0.05, 0.1) is 0 Å². The maximum atomic E-state index is 5.43. The Labute approximate surface area is 91.3 Å². The Bertz CT molecular complexity index is 309. The van der Waals surface area contributed by atoms with Crippen LogP contribution >= 0.6 is 0 Å². The number of nitrogens with two attached hydrogens (primary N) is 1. The van der Waals surface area contributed by atoms with E-state index in [0.29, 0.717) is 12.5 Å². The van der Waals surface area contributed by atoms with Crippen LogP contribution in [0.25, 0.3) is 0 Å². The van der Waals surface area contributed by atoms with Gasteiger partial charge in [0.25, 0.3) is 0 Å². The zero-order valence-electron chi connectivity index (χ0n) is 9.75. The summed E-state index contributed by atoms with van der Waals surface area (Å²) in [6.07, 6.45) is 0.958. The maximum absolute atomic E-state index is 5.43. The molecule has 0 bridgehead atoms. The molecule has 0 saturated carbocycles. The fraction of sp³-hybridized carbons (Fsp3) is 0.636. The molecule has 1 aromatic rings. The molecule has 1 aromatic heterocycles. The topological polar surface area (TPSA) is 63.8 Å². The zero-order valence-corrected chi connectivity index (χ0v) is 9.75. The van der Waals surface area contributed by atoms with Crippen LogP contribution in [0.2, 0.25) is 0 Å². The molecule has 1 heterocycles. The van der Waals surface area contributed by atoms with E-state index in [1.165, 1.54) is 0 Å². The van der Waals surface area contributed by atoms with Gasteiger partial charge < -0.3 is 11.1 Å². The molecule has 0 saturated heterocycles. The molecule has 0 atom stereocenters. The highest BCUT2D eigenvalue weighted by Crippen LogP contribution is 2.13. The van der Waals surface area contributed by atoms with E-state index in [1.54, 1.807) is 0 Å². The lowest BCUT2D eigenvalue weighted by Crippen LogP contribution is -2.11. The van der Waals surface area contributed by atoms with Crippen LogP contribution in [0, 0.1) is 6.92 Å². The standard InChI is InChI=1S/C11H20N4/c1-8(2)11-14-9(3)7-10(15-11)13-6-4-5-12/h7-8H,4-6,12H2,1-3H3,(H,13,14,15). The Hall–Kier alpha value is -1.16. The largest absolute Gasteiger partial charge is 0.370 e. The number of nitrogens with zero attached hydrogens (tertiary/aromatic N) is 2. The molecule has 0 amide bonds. The second-order valence-electron chi connectivity index (χ2n) is 3.98. The summed E-state index contributed by atoms with van der Waals surface area (Å²) < 4.78 is 0. The molecular formula is C11H20N4. The van der Waals surface area contributed by atoms with Gasteiger partial charge in [-0.15, -0.1) is 0 Å². The van der Waals surface area contributed by atoms with Crippen molar-refractivity contribution >= 4 is 5.82 Å². The average molecular weight is 208 g/mol. The molecule has 0 aliphatic rings. The van der Waals surface area contributed by atoms with E-state index in [9.17, 15) is 0 Å². The van der Waals surface area contributed by atoms with Gasteiger partial charge in [-0.05, 0) is 19.9 Å². The van der Waals surface area contributed by atoms with Gasteiger partial charge in [0.15, 0.2) is 0 Å². The molecule has 0 unspecified atom stereocenters. The normalized spacial score (nSPS) is 10.7. The van der Waals surface area contributed by atoms with Gasteiger partial charge in [-0.2, -0.15) is 0 Å². The van der Waals surface area contributed by atoms with Crippen LogP contribution in [-0.4, -0.2) is 23.1 Å². The van der Waals surface area contributed by atoms with Gasteiger partial charge >= 0.3 is 0 Å². The van der Waals surface area contributed by atoms with Crippen molar-refractivity contribution in [3.63, 3.8) is 0 Å². The summed E-state index contributed by atoms with van der Waals surface area (Å²) in [6.45, 7) is 7.75. The molecule has 0 radical (unpaired) electrons. The number of hydrogen-bond acceptors (Lipinski definition) is 4. The fourth-order valence-corrected chi connectivity index (χ4v) is 1.26. The summed E-state index contributed by atoms with van der Waals surface area (Å²) in [5, 5.41) is 3.25. The minimum absolute atomic E-state index is 0.361. The van der Waals surface area contributed by atoms with Crippen molar-refractivity contribution in [3.8, 4) is 0 Å². The van der Waals surface area contributed by atoms with E-state index in [0.717, 1.165) is 30.3 Å². The smallest absolute Gasteiger partial charge is 0.133 e. The van der Waals surface area contributed by atoms with Crippen LogP contribution in [-0.2, 0) is 0 Å². The van der Waals surface area contributed by atoms with Gasteiger partial charge in [0, 0.05) is 24.2 Å². The minimum atomic E-state index is 0.361. The highest BCUT2D eigenvalue weighted by molar-refractivity contribution is 5.36. The lowest BCUT2D eigenvalue weighted by molar-refractivity contribution is 0.764. The maximum Gasteiger partial charge on any atom is 0.133 e. The van der Waals surface area contributed by atoms with Gasteiger partial charge in [0.2, 0.25) is 0 Å². The molecule has 4 nitrogen and oxygen atoms in total. The summed E-state index contributed by atoms with van der Waals surface area (Å²) in [5.41, 5.74) is 6.43. The first-order valence-corrected chi connectivity index (χ1v) is 5.43. The monoisotopic (exact) mass is 208 g/mol. The second-order valence-corrected chi connectivity index (χ2v) is 3.98. The first-order chi connectivity index (χ1) is 7.13. The summed E-state index contributed by atoms with van der Waals surface area (Å²) in [6, 6.07) is 1.96. The van der Waals surface area contributed by atoms with E-state index < -0.39 is 0 Å². The summed E-state index contributed by atoms with van der Waals surface area (Å²) in [4.78, 5) is 8.83. The first-order valence-electron chi connectivity index (χ1n) is 5.43. The first kappa shape index (κ1) is 11.9. The van der Waals surface area contributed by atoms with E-state index >= 15 is 0 Å². The molecular weight excluding hydrogens is 188 g/mol. The molecule has 0 aromatic carbocycles. The Balaban J connectivity index is 2.71. The van der Waals surface area contributed by atoms with Crippen LogP contribution in [0.15, 0.2) is 6.07 Å². The van der Waals surface area contributed by atoms with E-state index in [4.69, 9.17) is 5.73 Å². The van der Waals surface area contributed by atoms with Crippen LogP contribution in [0.1, 0.15) is 37.7 Å². The fourth-order valence-electron chi connectivity index (χ4n) is 1.26. The molecule has 1 rings (SSSR count). The lowest BCUT2D eigenvalue weighted by Gasteiger charge is -2.09. The molecule has 0 aliphatic heterocycles. The predicted molar refractivity (Wildman–Crippen MR) is 63.0 cm³/mol. The number of nitrogens with one attached hydrogen (secondary N) is 1. The van der Waals surface area contributed by atoms with E-state index in [-0.39, 0.29) is 0 Å². The van der Waals surface area contributed by atoms with Crippen molar-refractivity contribution in [1.29, 1.82) is 0 Å². The van der Waals surface area contributed by atoms with Crippen LogP contribution in [0.5, 0.6) is 0 Å². The van der Waals surface area contributed by atoms with E-state index in [1.807, 2.05) is 13.0 Å². The number of rotatable bonds is 5. The molecule has 84 valence electrons. The lowest BCUT2D eigenvalue weighted by atomic mass is 10.2. The summed E-state index contributed by atoms with van der Waals surface area (Å²) in [7, 11) is 0. The predicted octanol–water partition coefficient (Wildman–Crippen LogP) is 1.67. The van der Waals surface area contributed by atoms with Gasteiger partial charge in [-0.25, -0.2) is 9.97 Å². The minimum Gasteiger partial charge on any atom is -0.370 e. The number of aryl methyl sites for hydroxylation is 1. The van der Waals surface area contributed by atoms with Gasteiger partial charge in [-0.3, -0.25) is 0 Å². The quantitative estimate of drug-likeness (QED) is 0.722. The molecule has 0 fully saturated rings. The number of anilines is 1. The number of aromatic nitrogens is 2. The van der Waals surface area contributed by atoms with E-state index in [2.05, 4.69) is 29.1 Å². The molecule has 4 heteroatoms. The summed E-state index contributed by atoms with van der Waals surface area (Å²) >= 11 is 0.